The lowest BCUT2D eigenvalue weighted by atomic mass is 10.1. The van der Waals surface area contributed by atoms with Crippen LogP contribution in [0.25, 0.3) is 0 Å². The van der Waals surface area contributed by atoms with Crippen molar-refractivity contribution in [3.63, 3.8) is 0 Å². The van der Waals surface area contributed by atoms with Gasteiger partial charge in [0.1, 0.15) is 0 Å². The second-order valence-corrected chi connectivity index (χ2v) is 4.24. The molecule has 1 N–H and O–H groups in total. The molecule has 0 saturated heterocycles. The Hall–Kier alpha value is -1.03. The molecule has 0 aromatic heterocycles. The molecule has 0 bridgehead atoms. The maximum absolute atomic E-state index is 11.9. The highest BCUT2D eigenvalue weighted by Crippen LogP contribution is 2.40. The maximum Gasteiger partial charge on any atom is 0.401 e. The van der Waals surface area contributed by atoms with Crippen molar-refractivity contribution < 1.29 is 13.2 Å². The lowest BCUT2D eigenvalue weighted by molar-refractivity contribution is -0.125. The minimum absolute atomic E-state index is 0.278. The fraction of sp³-hybridized carbons (Fsp3) is 0.500. The quantitative estimate of drug-likeness (QED) is 0.835. The van der Waals surface area contributed by atoms with Gasteiger partial charge in [-0.05, 0) is 29.9 Å². The molecule has 0 spiro atoms. The molecule has 1 aromatic carbocycles. The summed E-state index contributed by atoms with van der Waals surface area (Å²) in [7, 11) is 0. The monoisotopic (exact) mass is 229 g/mol. The first-order valence-electron chi connectivity index (χ1n) is 5.41. The summed E-state index contributed by atoms with van der Waals surface area (Å²) in [6, 6.07) is 7.82. The SMILES string of the molecule is FC(F)(F)CNCc1cccc(C2CC2)c1. The van der Waals surface area contributed by atoms with E-state index in [1.54, 1.807) is 0 Å². The molecule has 4 heteroatoms. The molecule has 0 heterocycles. The lowest BCUT2D eigenvalue weighted by Gasteiger charge is -2.09. The minimum Gasteiger partial charge on any atom is -0.305 e. The molecule has 0 radical (unpaired) electrons. The standard InChI is InChI=1S/C12H14F3N/c13-12(14,15)8-16-7-9-2-1-3-11(6-9)10-4-5-10/h1-3,6,10,16H,4-5,7-8H2. The van der Waals surface area contributed by atoms with Crippen molar-refractivity contribution >= 4 is 0 Å². The molecule has 0 amide bonds. The van der Waals surface area contributed by atoms with Gasteiger partial charge in [0.15, 0.2) is 0 Å². The average molecular weight is 229 g/mol. The van der Waals surface area contributed by atoms with Crippen molar-refractivity contribution in [2.24, 2.45) is 0 Å². The summed E-state index contributed by atoms with van der Waals surface area (Å²) in [4.78, 5) is 0. The number of hydrogen-bond donors (Lipinski definition) is 1. The third-order valence-electron chi connectivity index (χ3n) is 2.65. The maximum atomic E-state index is 11.9. The Kier molecular flexibility index (Phi) is 3.19. The zero-order valence-corrected chi connectivity index (χ0v) is 8.85. The molecule has 16 heavy (non-hydrogen) atoms. The number of alkyl halides is 3. The van der Waals surface area contributed by atoms with Crippen LogP contribution >= 0.6 is 0 Å². The Morgan fingerprint density at radius 3 is 2.62 bits per heavy atom. The second-order valence-electron chi connectivity index (χ2n) is 4.24. The predicted molar refractivity (Wildman–Crippen MR) is 56.2 cm³/mol. The number of rotatable bonds is 4. The van der Waals surface area contributed by atoms with Crippen LogP contribution in [0, 0.1) is 0 Å². The third kappa shape index (κ3) is 3.52. The van der Waals surface area contributed by atoms with Gasteiger partial charge in [0.2, 0.25) is 0 Å². The third-order valence-corrected chi connectivity index (χ3v) is 2.65. The van der Waals surface area contributed by atoms with Gasteiger partial charge in [-0.25, -0.2) is 0 Å². The molecule has 2 rings (SSSR count). The van der Waals surface area contributed by atoms with Crippen molar-refractivity contribution in [2.45, 2.75) is 31.5 Å². The fourth-order valence-electron chi connectivity index (χ4n) is 1.72. The summed E-state index contributed by atoms with van der Waals surface area (Å²) in [5, 5.41) is 2.40. The Balaban J connectivity index is 1.86. The van der Waals surface area contributed by atoms with Crippen LogP contribution in [0.5, 0.6) is 0 Å². The first kappa shape index (κ1) is 11.5. The van der Waals surface area contributed by atoms with Crippen LogP contribution in [0.4, 0.5) is 13.2 Å². The molecule has 1 saturated carbocycles. The van der Waals surface area contributed by atoms with Gasteiger partial charge >= 0.3 is 6.18 Å². The lowest BCUT2D eigenvalue weighted by Crippen LogP contribution is -2.28. The highest BCUT2D eigenvalue weighted by Gasteiger charge is 2.26. The minimum atomic E-state index is -4.13. The summed E-state index contributed by atoms with van der Waals surface area (Å²) in [5.74, 6) is 0.641. The van der Waals surface area contributed by atoms with Crippen LogP contribution < -0.4 is 5.32 Å². The fourth-order valence-corrected chi connectivity index (χ4v) is 1.72. The molecule has 1 aromatic rings. The van der Waals surface area contributed by atoms with E-state index >= 15 is 0 Å². The molecule has 1 fully saturated rings. The Bertz CT molecular complexity index is 356. The van der Waals surface area contributed by atoms with E-state index in [2.05, 4.69) is 5.32 Å². The van der Waals surface area contributed by atoms with E-state index < -0.39 is 12.7 Å². The molecule has 1 aliphatic carbocycles. The van der Waals surface area contributed by atoms with Gasteiger partial charge in [0, 0.05) is 6.54 Å². The van der Waals surface area contributed by atoms with Crippen molar-refractivity contribution in [2.75, 3.05) is 6.54 Å². The largest absolute Gasteiger partial charge is 0.401 e. The Labute approximate surface area is 92.7 Å². The van der Waals surface area contributed by atoms with Crippen LogP contribution in [0.1, 0.15) is 29.9 Å². The smallest absolute Gasteiger partial charge is 0.305 e. The van der Waals surface area contributed by atoms with Gasteiger partial charge in [-0.15, -0.1) is 0 Å². The normalized spacial score (nSPS) is 16.4. The van der Waals surface area contributed by atoms with Gasteiger partial charge in [-0.1, -0.05) is 24.3 Å². The van der Waals surface area contributed by atoms with Crippen LogP contribution in [0.2, 0.25) is 0 Å². The average Bonchev–Trinajstić information content (AvgIpc) is 2.99. The van der Waals surface area contributed by atoms with Gasteiger partial charge < -0.3 is 5.32 Å². The van der Waals surface area contributed by atoms with Crippen LogP contribution in [0.15, 0.2) is 24.3 Å². The van der Waals surface area contributed by atoms with Gasteiger partial charge in [-0.3, -0.25) is 0 Å². The summed E-state index contributed by atoms with van der Waals surface area (Å²) in [6.07, 6.45) is -1.72. The number of hydrogen-bond acceptors (Lipinski definition) is 1. The first-order chi connectivity index (χ1) is 7.54. The zero-order valence-electron chi connectivity index (χ0n) is 8.85. The summed E-state index contributed by atoms with van der Waals surface area (Å²) < 4.78 is 35.7. The Morgan fingerprint density at radius 2 is 2.00 bits per heavy atom. The van der Waals surface area contributed by atoms with Gasteiger partial charge in [0.05, 0.1) is 6.54 Å². The van der Waals surface area contributed by atoms with E-state index in [1.165, 1.54) is 18.4 Å². The van der Waals surface area contributed by atoms with E-state index in [9.17, 15) is 13.2 Å². The van der Waals surface area contributed by atoms with Crippen molar-refractivity contribution in [1.29, 1.82) is 0 Å². The summed E-state index contributed by atoms with van der Waals surface area (Å²) in [5.41, 5.74) is 2.18. The Morgan fingerprint density at radius 1 is 1.25 bits per heavy atom. The highest BCUT2D eigenvalue weighted by atomic mass is 19.4. The van der Waals surface area contributed by atoms with E-state index in [0.717, 1.165) is 5.56 Å². The number of halogens is 3. The molecule has 1 aliphatic rings. The second kappa shape index (κ2) is 4.45. The number of nitrogens with one attached hydrogen (secondary N) is 1. The summed E-state index contributed by atoms with van der Waals surface area (Å²) in [6.45, 7) is -0.652. The molecule has 88 valence electrons. The predicted octanol–water partition coefficient (Wildman–Crippen LogP) is 3.22. The van der Waals surface area contributed by atoms with Gasteiger partial charge in [0.25, 0.3) is 0 Å². The van der Waals surface area contributed by atoms with E-state index in [-0.39, 0.29) is 6.54 Å². The van der Waals surface area contributed by atoms with Gasteiger partial charge in [-0.2, -0.15) is 13.2 Å². The first-order valence-corrected chi connectivity index (χ1v) is 5.41. The molecule has 0 unspecified atom stereocenters. The van der Waals surface area contributed by atoms with E-state index in [0.29, 0.717) is 5.92 Å². The van der Waals surface area contributed by atoms with E-state index in [4.69, 9.17) is 0 Å². The zero-order chi connectivity index (χ0) is 11.6. The van der Waals surface area contributed by atoms with Crippen molar-refractivity contribution in [3.8, 4) is 0 Å². The molecular formula is C12H14F3N. The highest BCUT2D eigenvalue weighted by molar-refractivity contribution is 5.29. The molecule has 0 atom stereocenters. The van der Waals surface area contributed by atoms with Crippen LogP contribution in [-0.4, -0.2) is 12.7 Å². The molecule has 0 aliphatic heterocycles. The topological polar surface area (TPSA) is 12.0 Å². The number of benzene rings is 1. The van der Waals surface area contributed by atoms with Crippen LogP contribution in [-0.2, 0) is 6.54 Å². The molecular weight excluding hydrogens is 215 g/mol. The van der Waals surface area contributed by atoms with Crippen LogP contribution in [0.3, 0.4) is 0 Å². The van der Waals surface area contributed by atoms with Crippen molar-refractivity contribution in [3.05, 3.63) is 35.4 Å². The van der Waals surface area contributed by atoms with E-state index in [1.807, 2.05) is 24.3 Å². The van der Waals surface area contributed by atoms with Crippen molar-refractivity contribution in [1.82, 2.24) is 5.32 Å². The molecule has 1 nitrogen and oxygen atoms in total. The summed E-state index contributed by atoms with van der Waals surface area (Å²) >= 11 is 0.